The first-order valence-corrected chi connectivity index (χ1v) is 11.3. The van der Waals surface area contributed by atoms with Gasteiger partial charge >= 0.3 is 0 Å². The second-order valence-corrected chi connectivity index (χ2v) is 8.37. The summed E-state index contributed by atoms with van der Waals surface area (Å²) in [4.78, 5) is 26.6. The third-order valence-electron chi connectivity index (χ3n) is 5.36. The normalized spacial score (nSPS) is 10.9. The number of likely N-dealkylation sites (N-methyl/N-ethyl adjacent to an activating group) is 1. The van der Waals surface area contributed by atoms with Crippen LogP contribution in [0.1, 0.15) is 21.6 Å². The van der Waals surface area contributed by atoms with E-state index in [4.69, 9.17) is 9.47 Å². The fourth-order valence-corrected chi connectivity index (χ4v) is 3.35. The van der Waals surface area contributed by atoms with Gasteiger partial charge in [0, 0.05) is 48.0 Å². The smallest absolute Gasteiger partial charge is 0.255 e. The van der Waals surface area contributed by atoms with Crippen LogP contribution in [-0.4, -0.2) is 53.0 Å². The Hall–Kier alpha value is -4.17. The number of ether oxygens (including phenoxy) is 2. The number of hydrogen-bond acceptors (Lipinski definition) is 6. The lowest BCUT2D eigenvalue weighted by molar-refractivity contribution is 0.102. The Bertz CT molecular complexity index is 1250. The summed E-state index contributed by atoms with van der Waals surface area (Å²) in [7, 11) is 4.01. The Balaban J connectivity index is 1.34. The minimum absolute atomic E-state index is 0.194. The van der Waals surface area contributed by atoms with Crippen LogP contribution in [0.2, 0.25) is 0 Å². The predicted octanol–water partition coefficient (Wildman–Crippen LogP) is 4.55. The number of imidazole rings is 1. The van der Waals surface area contributed by atoms with Crippen LogP contribution in [0.3, 0.4) is 0 Å². The van der Waals surface area contributed by atoms with Crippen molar-refractivity contribution < 1.29 is 14.3 Å². The molecule has 8 nitrogen and oxygen atoms in total. The number of nitrogens with one attached hydrogen (secondary N) is 2. The fraction of sp³-hybridized carbons (Fsp3) is 0.222. The van der Waals surface area contributed by atoms with Crippen molar-refractivity contribution in [2.75, 3.05) is 32.6 Å². The number of benzene rings is 2. The Morgan fingerprint density at radius 2 is 1.80 bits per heavy atom. The van der Waals surface area contributed by atoms with Gasteiger partial charge in [-0.3, -0.25) is 9.78 Å². The summed E-state index contributed by atoms with van der Waals surface area (Å²) in [5.41, 5.74) is 3.91. The number of aromatic nitrogens is 3. The lowest BCUT2D eigenvalue weighted by Gasteiger charge is -2.12. The van der Waals surface area contributed by atoms with E-state index in [-0.39, 0.29) is 5.91 Å². The van der Waals surface area contributed by atoms with Crippen LogP contribution >= 0.6 is 0 Å². The van der Waals surface area contributed by atoms with E-state index in [9.17, 15) is 4.79 Å². The van der Waals surface area contributed by atoms with Gasteiger partial charge in [-0.15, -0.1) is 0 Å². The lowest BCUT2D eigenvalue weighted by atomic mass is 10.1. The van der Waals surface area contributed by atoms with Gasteiger partial charge in [-0.2, -0.15) is 0 Å². The van der Waals surface area contributed by atoms with E-state index in [1.165, 1.54) is 0 Å². The molecule has 0 unspecified atom stereocenters. The molecule has 2 N–H and O–H groups in total. The molecule has 180 valence electrons. The molecule has 35 heavy (non-hydrogen) atoms. The van der Waals surface area contributed by atoms with Crippen LogP contribution < -0.4 is 14.8 Å². The van der Waals surface area contributed by atoms with E-state index >= 15 is 0 Å². The molecule has 0 aliphatic heterocycles. The summed E-state index contributed by atoms with van der Waals surface area (Å²) in [5.74, 6) is 1.97. The Kier molecular flexibility index (Phi) is 7.74. The van der Waals surface area contributed by atoms with Gasteiger partial charge in [0.15, 0.2) is 0 Å². The van der Waals surface area contributed by atoms with Crippen molar-refractivity contribution in [1.82, 2.24) is 19.9 Å². The van der Waals surface area contributed by atoms with Crippen molar-refractivity contribution in [3.05, 3.63) is 90.0 Å². The van der Waals surface area contributed by atoms with Gasteiger partial charge in [0.1, 0.15) is 30.5 Å². The van der Waals surface area contributed by atoms with Gasteiger partial charge in [-0.1, -0.05) is 12.1 Å². The van der Waals surface area contributed by atoms with Gasteiger partial charge in [-0.25, -0.2) is 4.98 Å². The minimum Gasteiger partial charge on any atom is -0.492 e. The second kappa shape index (κ2) is 11.3. The zero-order valence-electron chi connectivity index (χ0n) is 20.1. The zero-order chi connectivity index (χ0) is 24.6. The number of aromatic amines is 1. The summed E-state index contributed by atoms with van der Waals surface area (Å²) >= 11 is 0. The molecule has 0 saturated carbocycles. The number of carbonyl (C=O) groups is 1. The third kappa shape index (κ3) is 6.68. The number of rotatable bonds is 10. The SMILES string of the molecule is Cc1ccc(-c2ncc[nH]2)cc1NC(=O)c1ccc(OCc2cc(OCCN(C)C)ccn2)cc1. The van der Waals surface area contributed by atoms with Crippen molar-refractivity contribution in [3.63, 3.8) is 0 Å². The molecule has 0 aliphatic carbocycles. The fourth-order valence-electron chi connectivity index (χ4n) is 3.35. The van der Waals surface area contributed by atoms with Crippen LogP contribution in [0.25, 0.3) is 11.4 Å². The number of amides is 1. The number of carbonyl (C=O) groups excluding carboxylic acids is 1. The average molecular weight is 472 g/mol. The van der Waals surface area contributed by atoms with Crippen LogP contribution in [0.15, 0.2) is 73.2 Å². The summed E-state index contributed by atoms with van der Waals surface area (Å²) in [5, 5.41) is 2.99. The van der Waals surface area contributed by atoms with Crippen LogP contribution in [0.5, 0.6) is 11.5 Å². The number of pyridine rings is 1. The zero-order valence-corrected chi connectivity index (χ0v) is 20.1. The van der Waals surface area contributed by atoms with E-state index in [1.807, 2.05) is 51.4 Å². The maximum absolute atomic E-state index is 12.8. The first kappa shape index (κ1) is 24.0. The first-order valence-electron chi connectivity index (χ1n) is 11.3. The highest BCUT2D eigenvalue weighted by atomic mass is 16.5. The van der Waals surface area contributed by atoms with Crippen molar-refractivity contribution >= 4 is 11.6 Å². The van der Waals surface area contributed by atoms with Gasteiger partial charge in [0.2, 0.25) is 0 Å². The quantitative estimate of drug-likeness (QED) is 0.353. The van der Waals surface area contributed by atoms with Gasteiger partial charge in [0.25, 0.3) is 5.91 Å². The van der Waals surface area contributed by atoms with Crippen molar-refractivity contribution in [1.29, 1.82) is 0 Å². The van der Waals surface area contributed by atoms with E-state index in [0.29, 0.717) is 24.5 Å². The standard InChI is InChI=1S/C27H29N5O3/c1-19-4-5-21(26-29-12-13-30-26)16-25(19)31-27(33)20-6-8-23(9-7-20)35-18-22-17-24(10-11-28-22)34-15-14-32(2)3/h4-13,16-17H,14-15,18H2,1-3H3,(H,29,30)(H,31,33). The molecule has 0 bridgehead atoms. The van der Waals surface area contributed by atoms with E-state index in [2.05, 4.69) is 25.2 Å². The molecule has 8 heteroatoms. The third-order valence-corrected chi connectivity index (χ3v) is 5.36. The Labute approximate surface area is 205 Å². The molecule has 2 aromatic heterocycles. The van der Waals surface area contributed by atoms with E-state index in [0.717, 1.165) is 40.6 Å². The highest BCUT2D eigenvalue weighted by Crippen LogP contribution is 2.24. The minimum atomic E-state index is -0.194. The average Bonchev–Trinajstić information content (AvgIpc) is 3.39. The molecule has 0 fully saturated rings. The molecule has 4 aromatic rings. The maximum Gasteiger partial charge on any atom is 0.255 e. The lowest BCUT2D eigenvalue weighted by Crippen LogP contribution is -2.19. The number of nitrogens with zero attached hydrogens (tertiary/aromatic N) is 3. The molecular formula is C27H29N5O3. The molecular weight excluding hydrogens is 442 g/mol. The Morgan fingerprint density at radius 1 is 0.971 bits per heavy atom. The molecule has 4 rings (SSSR count). The summed E-state index contributed by atoms with van der Waals surface area (Å²) in [6.07, 6.45) is 5.17. The molecule has 0 radical (unpaired) electrons. The highest BCUT2D eigenvalue weighted by molar-refractivity contribution is 6.05. The summed E-state index contributed by atoms with van der Waals surface area (Å²) in [6, 6.07) is 16.6. The monoisotopic (exact) mass is 471 g/mol. The summed E-state index contributed by atoms with van der Waals surface area (Å²) in [6.45, 7) is 3.69. The van der Waals surface area contributed by atoms with Gasteiger partial charge < -0.3 is 24.7 Å². The van der Waals surface area contributed by atoms with Crippen LogP contribution in [-0.2, 0) is 6.61 Å². The molecule has 1 amide bonds. The predicted molar refractivity (Wildman–Crippen MR) is 136 cm³/mol. The number of anilines is 1. The topological polar surface area (TPSA) is 92.4 Å². The van der Waals surface area contributed by atoms with Crippen LogP contribution in [0.4, 0.5) is 5.69 Å². The summed E-state index contributed by atoms with van der Waals surface area (Å²) < 4.78 is 11.6. The van der Waals surface area contributed by atoms with E-state index in [1.54, 1.807) is 42.9 Å². The first-order chi connectivity index (χ1) is 17.0. The number of aryl methyl sites for hydroxylation is 1. The molecule has 2 aromatic carbocycles. The molecule has 0 spiro atoms. The molecule has 0 aliphatic rings. The van der Waals surface area contributed by atoms with Crippen molar-refractivity contribution in [2.45, 2.75) is 13.5 Å². The number of hydrogen-bond donors (Lipinski definition) is 2. The van der Waals surface area contributed by atoms with Crippen molar-refractivity contribution in [3.8, 4) is 22.9 Å². The molecule has 0 atom stereocenters. The van der Waals surface area contributed by atoms with Crippen molar-refractivity contribution in [2.24, 2.45) is 0 Å². The maximum atomic E-state index is 12.8. The van der Waals surface area contributed by atoms with Gasteiger partial charge in [0.05, 0.1) is 5.69 Å². The number of H-pyrrole nitrogens is 1. The Morgan fingerprint density at radius 3 is 2.54 bits per heavy atom. The second-order valence-electron chi connectivity index (χ2n) is 8.37. The van der Waals surface area contributed by atoms with Crippen LogP contribution in [0, 0.1) is 6.92 Å². The molecule has 0 saturated heterocycles. The largest absolute Gasteiger partial charge is 0.492 e. The molecule has 2 heterocycles. The van der Waals surface area contributed by atoms with Gasteiger partial charge in [-0.05, 0) is 63.0 Å². The van der Waals surface area contributed by atoms with E-state index < -0.39 is 0 Å². The highest BCUT2D eigenvalue weighted by Gasteiger charge is 2.10.